The van der Waals surface area contributed by atoms with Crippen molar-refractivity contribution < 1.29 is 19.7 Å². The summed E-state index contributed by atoms with van der Waals surface area (Å²) in [6.07, 6.45) is 1.66. The standard InChI is InChI=1S/C23H28N4O4S/c1-22(2,29)13-31-12-15-6-5-7-19(26-15)27-21-16(20(24)28)10-17(32-21)14-8-9-18(25-11-14)23(3,4)30/h5-11,29-30H,12-13H2,1-4H3,(H2,24,28)(H,26,27). The Hall–Kier alpha value is -2.85. The van der Waals surface area contributed by atoms with Crippen molar-refractivity contribution in [2.45, 2.75) is 45.5 Å². The SMILES string of the molecule is CC(C)(O)COCc1cccc(Nc2sc(-c3ccc(C(C)(C)O)nc3)cc2C(N)=O)n1. The summed E-state index contributed by atoms with van der Waals surface area (Å²) >= 11 is 1.36. The topological polar surface area (TPSA) is 131 Å². The van der Waals surface area contributed by atoms with Crippen molar-refractivity contribution in [3.8, 4) is 10.4 Å². The molecule has 3 heterocycles. The number of carbonyl (C=O) groups is 1. The average Bonchev–Trinajstić information content (AvgIpc) is 3.11. The zero-order valence-corrected chi connectivity index (χ0v) is 19.4. The van der Waals surface area contributed by atoms with Gasteiger partial charge in [-0.2, -0.15) is 0 Å². The summed E-state index contributed by atoms with van der Waals surface area (Å²) in [5, 5.41) is 23.6. The van der Waals surface area contributed by atoms with Gasteiger partial charge in [-0.15, -0.1) is 11.3 Å². The molecule has 3 aromatic rings. The molecule has 32 heavy (non-hydrogen) atoms. The van der Waals surface area contributed by atoms with Gasteiger partial charge in [0.15, 0.2) is 0 Å². The summed E-state index contributed by atoms with van der Waals surface area (Å²) in [6, 6.07) is 10.7. The van der Waals surface area contributed by atoms with Gasteiger partial charge in [-0.1, -0.05) is 12.1 Å². The first-order valence-electron chi connectivity index (χ1n) is 10.1. The molecule has 3 aromatic heterocycles. The van der Waals surface area contributed by atoms with E-state index in [-0.39, 0.29) is 13.2 Å². The number of nitrogens with zero attached hydrogens (tertiary/aromatic N) is 2. The molecule has 0 aromatic carbocycles. The van der Waals surface area contributed by atoms with Gasteiger partial charge in [0, 0.05) is 16.6 Å². The summed E-state index contributed by atoms with van der Waals surface area (Å²) in [6.45, 7) is 7.12. The molecule has 0 radical (unpaired) electrons. The van der Waals surface area contributed by atoms with E-state index < -0.39 is 17.1 Å². The van der Waals surface area contributed by atoms with E-state index in [4.69, 9.17) is 10.5 Å². The number of amides is 1. The van der Waals surface area contributed by atoms with E-state index in [2.05, 4.69) is 15.3 Å². The van der Waals surface area contributed by atoms with Gasteiger partial charge >= 0.3 is 0 Å². The third-order valence-corrected chi connectivity index (χ3v) is 5.53. The first-order valence-corrected chi connectivity index (χ1v) is 10.9. The first-order chi connectivity index (χ1) is 14.9. The number of rotatable bonds is 9. The third kappa shape index (κ3) is 6.33. The Morgan fingerprint density at radius 3 is 2.53 bits per heavy atom. The van der Waals surface area contributed by atoms with Crippen LogP contribution in [0, 0.1) is 0 Å². The van der Waals surface area contributed by atoms with E-state index in [9.17, 15) is 15.0 Å². The van der Waals surface area contributed by atoms with Crippen molar-refractivity contribution in [1.29, 1.82) is 0 Å². The first kappa shape index (κ1) is 23.8. The molecule has 0 aliphatic heterocycles. The van der Waals surface area contributed by atoms with E-state index >= 15 is 0 Å². The van der Waals surface area contributed by atoms with E-state index in [1.54, 1.807) is 52.1 Å². The van der Waals surface area contributed by atoms with Crippen molar-refractivity contribution in [3.63, 3.8) is 0 Å². The van der Waals surface area contributed by atoms with Gasteiger partial charge < -0.3 is 26.0 Å². The summed E-state index contributed by atoms with van der Waals surface area (Å²) in [4.78, 5) is 21.7. The molecular formula is C23H28N4O4S. The van der Waals surface area contributed by atoms with Crippen LogP contribution in [0.5, 0.6) is 0 Å². The molecule has 0 saturated heterocycles. The number of hydrogen-bond donors (Lipinski definition) is 4. The number of nitrogens with one attached hydrogen (secondary N) is 1. The number of ether oxygens (including phenoxy) is 1. The molecule has 3 rings (SSSR count). The van der Waals surface area contributed by atoms with Crippen molar-refractivity contribution >= 4 is 28.1 Å². The molecule has 0 fully saturated rings. The molecule has 0 atom stereocenters. The van der Waals surface area contributed by atoms with Gasteiger partial charge in [-0.3, -0.25) is 9.78 Å². The predicted octanol–water partition coefficient (Wildman–Crippen LogP) is 3.56. The van der Waals surface area contributed by atoms with Crippen LogP contribution < -0.4 is 11.1 Å². The number of thiophene rings is 1. The molecule has 0 spiro atoms. The number of hydrogen-bond acceptors (Lipinski definition) is 8. The van der Waals surface area contributed by atoms with Crippen LogP contribution in [0.3, 0.4) is 0 Å². The lowest BCUT2D eigenvalue weighted by atomic mass is 10.0. The minimum absolute atomic E-state index is 0.187. The monoisotopic (exact) mass is 456 g/mol. The van der Waals surface area contributed by atoms with E-state index in [1.165, 1.54) is 11.3 Å². The zero-order valence-electron chi connectivity index (χ0n) is 18.5. The molecule has 0 bridgehead atoms. The summed E-state index contributed by atoms with van der Waals surface area (Å²) in [7, 11) is 0. The minimum atomic E-state index is -1.04. The van der Waals surface area contributed by atoms with Crippen molar-refractivity contribution in [2.75, 3.05) is 11.9 Å². The van der Waals surface area contributed by atoms with Gasteiger partial charge in [-0.25, -0.2) is 4.98 Å². The van der Waals surface area contributed by atoms with Gasteiger partial charge in [0.1, 0.15) is 16.4 Å². The van der Waals surface area contributed by atoms with Crippen molar-refractivity contribution in [1.82, 2.24) is 9.97 Å². The number of pyridine rings is 2. The normalized spacial score (nSPS) is 12.1. The molecule has 170 valence electrons. The highest BCUT2D eigenvalue weighted by Crippen LogP contribution is 2.37. The molecule has 0 aliphatic rings. The third-order valence-electron chi connectivity index (χ3n) is 4.43. The highest BCUT2D eigenvalue weighted by Gasteiger charge is 2.19. The number of anilines is 2. The quantitative estimate of drug-likeness (QED) is 0.387. The molecular weight excluding hydrogens is 428 g/mol. The van der Waals surface area contributed by atoms with Crippen molar-refractivity contribution in [2.24, 2.45) is 5.73 Å². The Balaban J connectivity index is 1.81. The number of nitrogens with two attached hydrogens (primary N) is 1. The van der Waals surface area contributed by atoms with Crippen LogP contribution in [-0.2, 0) is 16.9 Å². The number of aromatic nitrogens is 2. The largest absolute Gasteiger partial charge is 0.388 e. The Labute approximate surface area is 191 Å². The Morgan fingerprint density at radius 2 is 1.94 bits per heavy atom. The summed E-state index contributed by atoms with van der Waals surface area (Å²) in [5.74, 6) is -0.0125. The molecule has 9 heteroatoms. The van der Waals surface area contributed by atoms with Crippen LogP contribution in [0.4, 0.5) is 10.8 Å². The van der Waals surface area contributed by atoms with Gasteiger partial charge in [0.05, 0.1) is 35.8 Å². The van der Waals surface area contributed by atoms with Gasteiger partial charge in [-0.05, 0) is 52.0 Å². The fourth-order valence-corrected chi connectivity index (χ4v) is 3.92. The fourth-order valence-electron chi connectivity index (χ4n) is 2.86. The Morgan fingerprint density at radius 1 is 1.19 bits per heavy atom. The highest BCUT2D eigenvalue weighted by molar-refractivity contribution is 7.19. The lowest BCUT2D eigenvalue weighted by Crippen LogP contribution is -2.25. The molecule has 0 unspecified atom stereocenters. The smallest absolute Gasteiger partial charge is 0.251 e. The summed E-state index contributed by atoms with van der Waals surface area (Å²) < 4.78 is 5.51. The van der Waals surface area contributed by atoms with Crippen LogP contribution >= 0.6 is 11.3 Å². The van der Waals surface area contributed by atoms with Crippen molar-refractivity contribution in [3.05, 3.63) is 59.5 Å². The fraction of sp³-hybridized carbons (Fsp3) is 0.348. The van der Waals surface area contributed by atoms with Crippen LogP contribution in [0.15, 0.2) is 42.6 Å². The predicted molar refractivity (Wildman–Crippen MR) is 125 cm³/mol. The van der Waals surface area contributed by atoms with E-state index in [0.717, 1.165) is 10.4 Å². The Bertz CT molecular complexity index is 1080. The minimum Gasteiger partial charge on any atom is -0.388 e. The number of aliphatic hydroxyl groups is 2. The van der Waals surface area contributed by atoms with E-state index in [0.29, 0.717) is 27.8 Å². The lowest BCUT2D eigenvalue weighted by Gasteiger charge is -2.16. The number of carbonyl (C=O) groups excluding carboxylic acids is 1. The second-order valence-corrected chi connectivity index (χ2v) is 9.71. The Kier molecular flexibility index (Phi) is 6.94. The molecule has 5 N–H and O–H groups in total. The van der Waals surface area contributed by atoms with E-state index in [1.807, 2.05) is 18.2 Å². The van der Waals surface area contributed by atoms with Crippen LogP contribution in [0.2, 0.25) is 0 Å². The molecule has 0 saturated carbocycles. The second-order valence-electron chi connectivity index (χ2n) is 8.65. The second kappa shape index (κ2) is 9.33. The molecule has 0 aliphatic carbocycles. The van der Waals surface area contributed by atoms with Crippen LogP contribution in [0.1, 0.15) is 49.4 Å². The molecule has 1 amide bonds. The van der Waals surface area contributed by atoms with Crippen LogP contribution in [0.25, 0.3) is 10.4 Å². The molecule has 8 nitrogen and oxygen atoms in total. The lowest BCUT2D eigenvalue weighted by molar-refractivity contribution is -0.0276. The summed E-state index contributed by atoms with van der Waals surface area (Å²) in [5.41, 5.74) is 6.03. The maximum atomic E-state index is 12.0. The zero-order chi connectivity index (χ0) is 23.5. The average molecular weight is 457 g/mol. The maximum Gasteiger partial charge on any atom is 0.251 e. The van der Waals surface area contributed by atoms with Gasteiger partial charge in [0.25, 0.3) is 5.91 Å². The van der Waals surface area contributed by atoms with Gasteiger partial charge in [0.2, 0.25) is 0 Å². The van der Waals surface area contributed by atoms with Crippen LogP contribution in [-0.4, -0.2) is 38.3 Å². The highest BCUT2D eigenvalue weighted by atomic mass is 32.1. The number of primary amides is 1. The maximum absolute atomic E-state index is 12.0.